The number of fused-ring (bicyclic) bond motifs is 1. The van der Waals surface area contributed by atoms with Gasteiger partial charge in [0.2, 0.25) is 5.58 Å². The van der Waals surface area contributed by atoms with E-state index < -0.39 is 0 Å². The number of aromatic nitrogens is 2. The number of aromatic amines is 1. The van der Waals surface area contributed by atoms with E-state index in [1.807, 2.05) is 36.4 Å². The number of H-pyrrole nitrogens is 1. The van der Waals surface area contributed by atoms with Crippen molar-refractivity contribution < 1.29 is 14.2 Å². The lowest BCUT2D eigenvalue weighted by Gasteiger charge is -2.19. The highest BCUT2D eigenvalue weighted by Crippen LogP contribution is 2.31. The lowest BCUT2D eigenvalue weighted by molar-refractivity contribution is -0.347. The summed E-state index contributed by atoms with van der Waals surface area (Å²) in [5, 5.41) is 3.40. The van der Waals surface area contributed by atoms with Crippen molar-refractivity contribution in [1.82, 2.24) is 4.98 Å². The maximum absolute atomic E-state index is 12.7. The van der Waals surface area contributed by atoms with Crippen LogP contribution in [-0.4, -0.2) is 10.9 Å². The molecule has 4 rings (SSSR count). The second kappa shape index (κ2) is 7.33. The molecule has 29 heavy (non-hydrogen) atoms. The number of pyridine rings is 1. The van der Waals surface area contributed by atoms with Gasteiger partial charge in [0, 0.05) is 16.2 Å². The van der Waals surface area contributed by atoms with Crippen molar-refractivity contribution in [3.05, 3.63) is 76.9 Å². The average Bonchev–Trinajstić information content (AvgIpc) is 3.13. The number of anilines is 1. The van der Waals surface area contributed by atoms with Gasteiger partial charge in [0.05, 0.1) is 16.8 Å². The molecule has 6 heteroatoms. The van der Waals surface area contributed by atoms with Gasteiger partial charge in [-0.25, -0.2) is 4.98 Å². The molecular formula is C23H21ClN3O2+. The zero-order valence-electron chi connectivity index (χ0n) is 16.4. The van der Waals surface area contributed by atoms with Gasteiger partial charge in [-0.15, -0.1) is 0 Å². The molecule has 0 aliphatic carbocycles. The normalized spacial score (nSPS) is 11.6. The molecule has 146 valence electrons. The minimum Gasteiger partial charge on any atom is -0.411 e. The number of carbonyl (C=O) groups excluding carboxylic acids is 1. The Morgan fingerprint density at radius 1 is 1.10 bits per heavy atom. The fourth-order valence-electron chi connectivity index (χ4n) is 3.02. The minimum atomic E-state index is -0.190. The van der Waals surface area contributed by atoms with Gasteiger partial charge in [0.15, 0.2) is 0 Å². The number of nitrogens with zero attached hydrogens (tertiary/aromatic N) is 1. The average molecular weight is 407 g/mol. The Balaban J connectivity index is 1.59. The van der Waals surface area contributed by atoms with Gasteiger partial charge >= 0.3 is 11.5 Å². The van der Waals surface area contributed by atoms with Crippen LogP contribution in [0.4, 0.5) is 5.69 Å². The Morgan fingerprint density at radius 3 is 2.55 bits per heavy atom. The number of carbonyl (C=O) groups is 1. The van der Waals surface area contributed by atoms with Crippen LogP contribution in [0.15, 0.2) is 65.2 Å². The molecule has 5 nitrogen and oxygen atoms in total. The van der Waals surface area contributed by atoms with Gasteiger partial charge in [0.25, 0.3) is 5.91 Å². The summed E-state index contributed by atoms with van der Waals surface area (Å²) in [4.78, 5) is 20.1. The molecule has 0 saturated heterocycles. The number of rotatable bonds is 3. The summed E-state index contributed by atoms with van der Waals surface area (Å²) < 4.78 is 5.79. The summed E-state index contributed by atoms with van der Waals surface area (Å²) in [6.07, 6.45) is 1.78. The fourth-order valence-corrected chi connectivity index (χ4v) is 3.22. The van der Waals surface area contributed by atoms with Crippen LogP contribution in [0.3, 0.4) is 0 Å². The smallest absolute Gasteiger partial charge is 0.368 e. The maximum Gasteiger partial charge on any atom is 0.368 e. The van der Waals surface area contributed by atoms with Crippen molar-refractivity contribution in [2.75, 3.05) is 5.32 Å². The Kier molecular flexibility index (Phi) is 4.84. The number of amides is 1. The molecule has 2 N–H and O–H groups in total. The van der Waals surface area contributed by atoms with Gasteiger partial charge in [-0.3, -0.25) is 4.79 Å². The number of hydrogen-bond donors (Lipinski definition) is 1. The van der Waals surface area contributed by atoms with Crippen LogP contribution in [0.1, 0.15) is 36.7 Å². The first-order valence-electron chi connectivity index (χ1n) is 9.30. The molecule has 2 heterocycles. The molecule has 2 aromatic heterocycles. The standard InChI is InChI=1S/C23H20ClN3O2/c1-23(2,3)15-8-6-14(7-9-15)21(28)26-16-10-11-18(24)17(13-16)22-27-20-19(29-22)5-4-12-25-20/h4-13H,1-3H3,(H,26,28)/p+1. The van der Waals surface area contributed by atoms with Gasteiger partial charge in [0.1, 0.15) is 0 Å². The topological polar surface area (TPSA) is 69.3 Å². The van der Waals surface area contributed by atoms with Crippen molar-refractivity contribution in [2.45, 2.75) is 26.2 Å². The van der Waals surface area contributed by atoms with Crippen molar-refractivity contribution >= 4 is 34.4 Å². The van der Waals surface area contributed by atoms with Crippen LogP contribution in [0.25, 0.3) is 22.7 Å². The van der Waals surface area contributed by atoms with Crippen molar-refractivity contribution in [2.24, 2.45) is 0 Å². The largest absolute Gasteiger partial charge is 0.411 e. The molecule has 0 bridgehead atoms. The second-order valence-corrected chi connectivity index (χ2v) is 8.29. The van der Waals surface area contributed by atoms with E-state index in [4.69, 9.17) is 16.0 Å². The Bertz CT molecular complexity index is 1160. The van der Waals surface area contributed by atoms with E-state index in [2.05, 4.69) is 36.1 Å². The molecule has 4 aromatic rings. The van der Waals surface area contributed by atoms with Crippen LogP contribution in [0.2, 0.25) is 5.02 Å². The van der Waals surface area contributed by atoms with E-state index in [9.17, 15) is 4.79 Å². The van der Waals surface area contributed by atoms with E-state index >= 15 is 0 Å². The van der Waals surface area contributed by atoms with Gasteiger partial charge < -0.3 is 9.73 Å². The zero-order valence-corrected chi connectivity index (χ0v) is 17.2. The van der Waals surface area contributed by atoms with Gasteiger partial charge in [-0.05, 0) is 53.4 Å². The molecular weight excluding hydrogens is 386 g/mol. The predicted octanol–water partition coefficient (Wildman–Crippen LogP) is 5.51. The predicted molar refractivity (Wildman–Crippen MR) is 114 cm³/mol. The highest BCUT2D eigenvalue weighted by atomic mass is 35.5. The Morgan fingerprint density at radius 2 is 1.86 bits per heavy atom. The summed E-state index contributed by atoms with van der Waals surface area (Å²) in [5.41, 5.74) is 4.29. The second-order valence-electron chi connectivity index (χ2n) is 7.88. The first-order valence-corrected chi connectivity index (χ1v) is 9.68. The van der Waals surface area contributed by atoms with E-state index in [1.54, 1.807) is 24.4 Å². The number of nitrogens with one attached hydrogen (secondary N) is 2. The molecule has 0 aliphatic heterocycles. The lowest BCUT2D eigenvalue weighted by atomic mass is 9.87. The molecule has 0 spiro atoms. The Labute approximate surface area is 173 Å². The zero-order chi connectivity index (χ0) is 20.6. The molecule has 2 aromatic carbocycles. The summed E-state index contributed by atoms with van der Waals surface area (Å²) in [6, 6.07) is 16.5. The molecule has 0 saturated carbocycles. The molecule has 0 unspecified atom stereocenters. The van der Waals surface area contributed by atoms with E-state index in [-0.39, 0.29) is 11.3 Å². The van der Waals surface area contributed by atoms with Crippen LogP contribution < -0.4 is 10.3 Å². The Hall–Kier alpha value is -3.18. The summed E-state index contributed by atoms with van der Waals surface area (Å²) in [5.74, 6) is 0.197. The SMILES string of the molecule is CC(C)(C)c1ccc(C(=O)Nc2ccc(Cl)c(-c3nc4[nH+]cccc4o3)c2)cc1. The molecule has 0 aliphatic rings. The van der Waals surface area contributed by atoms with Crippen LogP contribution in [0.5, 0.6) is 0 Å². The first kappa shape index (κ1) is 19.2. The van der Waals surface area contributed by atoms with Gasteiger partial charge in [-0.2, -0.15) is 0 Å². The van der Waals surface area contributed by atoms with Crippen LogP contribution in [0, 0.1) is 0 Å². The number of halogens is 1. The van der Waals surface area contributed by atoms with Crippen LogP contribution >= 0.6 is 11.6 Å². The molecule has 0 atom stereocenters. The lowest BCUT2D eigenvalue weighted by Crippen LogP contribution is -2.14. The maximum atomic E-state index is 12.7. The number of oxazole rings is 1. The summed E-state index contributed by atoms with van der Waals surface area (Å²) >= 11 is 6.35. The van der Waals surface area contributed by atoms with E-state index in [0.717, 1.165) is 0 Å². The van der Waals surface area contributed by atoms with Crippen molar-refractivity contribution in [1.29, 1.82) is 0 Å². The van der Waals surface area contributed by atoms with Crippen molar-refractivity contribution in [3.63, 3.8) is 0 Å². The molecule has 0 radical (unpaired) electrons. The third kappa shape index (κ3) is 4.00. The summed E-state index contributed by atoms with van der Waals surface area (Å²) in [6.45, 7) is 6.42. The highest BCUT2D eigenvalue weighted by molar-refractivity contribution is 6.33. The van der Waals surface area contributed by atoms with Crippen LogP contribution in [-0.2, 0) is 5.41 Å². The molecule has 1 amide bonds. The third-order valence-electron chi connectivity index (χ3n) is 4.69. The quantitative estimate of drug-likeness (QED) is 0.487. The monoisotopic (exact) mass is 406 g/mol. The van der Waals surface area contributed by atoms with E-state index in [1.165, 1.54) is 5.56 Å². The molecule has 0 fully saturated rings. The summed E-state index contributed by atoms with van der Waals surface area (Å²) in [7, 11) is 0. The van der Waals surface area contributed by atoms with Gasteiger partial charge in [-0.1, -0.05) is 44.5 Å². The first-order chi connectivity index (χ1) is 13.8. The van der Waals surface area contributed by atoms with E-state index in [0.29, 0.717) is 39.0 Å². The highest BCUT2D eigenvalue weighted by Gasteiger charge is 2.20. The number of benzene rings is 2. The minimum absolute atomic E-state index is 0.0388. The third-order valence-corrected chi connectivity index (χ3v) is 5.01. The van der Waals surface area contributed by atoms with Crippen molar-refractivity contribution in [3.8, 4) is 11.5 Å². The number of hydrogen-bond acceptors (Lipinski definition) is 3. The fraction of sp³-hybridized carbons (Fsp3) is 0.174.